The molecule has 5 rings (SSSR count). The van der Waals surface area contributed by atoms with Crippen molar-refractivity contribution in [2.75, 3.05) is 36.9 Å². The molecule has 1 saturated carbocycles. The molecule has 38 heavy (non-hydrogen) atoms. The Morgan fingerprint density at radius 1 is 1.13 bits per heavy atom. The molecule has 3 aromatic rings. The van der Waals surface area contributed by atoms with E-state index in [9.17, 15) is 13.2 Å². The Morgan fingerprint density at radius 2 is 1.89 bits per heavy atom. The molecule has 0 spiro atoms. The van der Waals surface area contributed by atoms with Crippen molar-refractivity contribution < 1.29 is 27.8 Å². The lowest BCUT2D eigenvalue weighted by Crippen LogP contribution is -2.35. The van der Waals surface area contributed by atoms with Crippen LogP contribution in [-0.4, -0.2) is 76.5 Å². The van der Waals surface area contributed by atoms with Crippen molar-refractivity contribution in [2.45, 2.75) is 57.4 Å². The van der Waals surface area contributed by atoms with E-state index in [2.05, 4.69) is 25.9 Å². The van der Waals surface area contributed by atoms with Crippen molar-refractivity contribution in [3.63, 3.8) is 0 Å². The van der Waals surface area contributed by atoms with Gasteiger partial charge in [-0.25, -0.2) is 9.97 Å². The summed E-state index contributed by atoms with van der Waals surface area (Å²) in [5, 5.41) is 18.9. The summed E-state index contributed by atoms with van der Waals surface area (Å²) >= 11 is 1.47. The van der Waals surface area contributed by atoms with Gasteiger partial charge in [0.05, 0.1) is 40.2 Å². The molecule has 2 aromatic heterocycles. The Balaban J connectivity index is 1.50. The van der Waals surface area contributed by atoms with Crippen LogP contribution < -0.4 is 16.0 Å². The van der Waals surface area contributed by atoms with Crippen molar-refractivity contribution in [3.8, 4) is 10.6 Å². The van der Waals surface area contributed by atoms with Gasteiger partial charge in [0.2, 0.25) is 5.95 Å². The lowest BCUT2D eigenvalue weighted by Gasteiger charge is -2.25. The van der Waals surface area contributed by atoms with Gasteiger partial charge in [-0.15, -0.1) is 11.3 Å². The number of aryl methyl sites for hydroxylation is 1. The molecule has 9 nitrogen and oxygen atoms in total. The molecule has 1 aliphatic carbocycles. The van der Waals surface area contributed by atoms with Crippen LogP contribution in [0.15, 0.2) is 24.3 Å². The second-order valence-corrected chi connectivity index (χ2v) is 11.1. The number of aliphatic hydroxyl groups is 1. The summed E-state index contributed by atoms with van der Waals surface area (Å²) in [7, 11) is 0. The number of benzene rings is 1. The minimum absolute atomic E-state index is 0.0325. The van der Waals surface area contributed by atoms with Crippen LogP contribution in [0, 0.1) is 12.8 Å². The topological polar surface area (TPSA) is 113 Å². The zero-order chi connectivity index (χ0) is 27.1. The molecule has 0 radical (unpaired) electrons. The normalized spacial score (nSPS) is 24.6. The maximum atomic E-state index is 12.9. The molecule has 0 amide bonds. The van der Waals surface area contributed by atoms with Crippen LogP contribution in [-0.2, 0) is 9.47 Å². The third-order valence-corrected chi connectivity index (χ3v) is 7.70. The number of rotatable bonds is 9. The Bertz CT molecular complexity index is 1250. The van der Waals surface area contributed by atoms with Crippen LogP contribution >= 0.6 is 11.3 Å². The second kappa shape index (κ2) is 10.5. The maximum Gasteiger partial charge on any atom is 0.405 e. The Labute approximate surface area is 222 Å². The average Bonchev–Trinajstić information content (AvgIpc) is 3.49. The molecule has 1 saturated heterocycles. The number of hydrogen-bond donors (Lipinski definition) is 4. The number of nitrogens with one attached hydrogen (secondary N) is 3. The van der Waals surface area contributed by atoms with E-state index < -0.39 is 18.5 Å². The summed E-state index contributed by atoms with van der Waals surface area (Å²) < 4.78 is 52.2. The molecule has 0 unspecified atom stereocenters. The lowest BCUT2D eigenvalue weighted by molar-refractivity contribution is -0.156. The highest BCUT2D eigenvalue weighted by Crippen LogP contribution is 2.44. The number of hydrogen-bond acceptors (Lipinski definition) is 10. The molecule has 3 heterocycles. The van der Waals surface area contributed by atoms with Gasteiger partial charge < -0.3 is 30.5 Å². The predicted molar refractivity (Wildman–Crippen MR) is 139 cm³/mol. The summed E-state index contributed by atoms with van der Waals surface area (Å²) in [5.41, 5.74) is 1.97. The fourth-order valence-corrected chi connectivity index (χ4v) is 6.20. The molecular weight excluding hydrogens is 521 g/mol. The monoisotopic (exact) mass is 552 g/mol. The first-order valence-corrected chi connectivity index (χ1v) is 13.3. The van der Waals surface area contributed by atoms with Gasteiger partial charge in [-0.1, -0.05) is 12.1 Å². The molecule has 2 aliphatic rings. The molecule has 2 fully saturated rings. The van der Waals surface area contributed by atoms with Crippen molar-refractivity contribution >= 4 is 33.3 Å². The first-order valence-electron chi connectivity index (χ1n) is 12.5. The van der Waals surface area contributed by atoms with Gasteiger partial charge in [-0.3, -0.25) is 0 Å². The van der Waals surface area contributed by atoms with Crippen LogP contribution in [0.3, 0.4) is 0 Å². The van der Waals surface area contributed by atoms with Gasteiger partial charge in [-0.2, -0.15) is 18.2 Å². The maximum absolute atomic E-state index is 12.9. The van der Waals surface area contributed by atoms with Crippen molar-refractivity contribution in [1.29, 1.82) is 0 Å². The third kappa shape index (κ3) is 5.86. The van der Waals surface area contributed by atoms with Crippen LogP contribution in [0.25, 0.3) is 20.8 Å². The highest BCUT2D eigenvalue weighted by Gasteiger charge is 2.54. The number of anilines is 2. The first-order chi connectivity index (χ1) is 18.0. The fourth-order valence-electron chi connectivity index (χ4n) is 5.14. The Hall–Kier alpha value is -2.58. The predicted octanol–water partition coefficient (Wildman–Crippen LogP) is 3.94. The first kappa shape index (κ1) is 27.0. The summed E-state index contributed by atoms with van der Waals surface area (Å²) in [6.07, 6.45) is -4.22. The third-order valence-electron chi connectivity index (χ3n) is 6.64. The molecule has 0 bridgehead atoms. The molecule has 4 atom stereocenters. The standard InChI is InChI=1S/C25H31F3N6O3S/c1-13-18(22-33-15-6-4-5-7-17(15)38-22)21(34-23(31-13)30-12-25(26,27)28)32-16-10-14(11-29-8-9-35)19-20(16)37-24(2,3)36-19/h4-7,14,16,19-20,29,35H,8-12H2,1-3H3,(H2,30,31,32,34)/t14-,16-,19-,20+/m1/s1. The van der Waals surface area contributed by atoms with Gasteiger partial charge in [0, 0.05) is 19.0 Å². The van der Waals surface area contributed by atoms with Crippen LogP contribution in [0.5, 0.6) is 0 Å². The van der Waals surface area contributed by atoms with E-state index in [-0.39, 0.29) is 36.7 Å². The number of ether oxygens (including phenoxy) is 2. The smallest absolute Gasteiger partial charge is 0.395 e. The highest BCUT2D eigenvalue weighted by atomic mass is 32.1. The van der Waals surface area contributed by atoms with Crippen molar-refractivity contribution in [3.05, 3.63) is 30.0 Å². The molecule has 13 heteroatoms. The van der Waals surface area contributed by atoms with E-state index in [0.29, 0.717) is 41.6 Å². The molecule has 206 valence electrons. The van der Waals surface area contributed by atoms with Crippen LogP contribution in [0.1, 0.15) is 26.0 Å². The van der Waals surface area contributed by atoms with E-state index in [1.54, 1.807) is 6.92 Å². The van der Waals surface area contributed by atoms with Gasteiger partial charge in [-0.05, 0) is 39.3 Å². The number of nitrogens with zero attached hydrogens (tertiary/aromatic N) is 3. The molecule has 1 aliphatic heterocycles. The molecule has 4 N–H and O–H groups in total. The van der Waals surface area contributed by atoms with E-state index in [0.717, 1.165) is 10.2 Å². The minimum atomic E-state index is -4.41. The number of aliphatic hydroxyl groups excluding tert-OH is 1. The number of aromatic nitrogens is 3. The Kier molecular flexibility index (Phi) is 7.48. The fraction of sp³-hybridized carbons (Fsp3) is 0.560. The number of alkyl halides is 3. The highest BCUT2D eigenvalue weighted by molar-refractivity contribution is 7.21. The Morgan fingerprint density at radius 3 is 2.63 bits per heavy atom. The van der Waals surface area contributed by atoms with Crippen molar-refractivity contribution in [1.82, 2.24) is 20.3 Å². The zero-order valence-electron chi connectivity index (χ0n) is 21.3. The van der Waals surface area contributed by atoms with E-state index in [1.165, 1.54) is 11.3 Å². The number of thiazole rings is 1. The largest absolute Gasteiger partial charge is 0.405 e. The summed E-state index contributed by atoms with van der Waals surface area (Å²) in [5.74, 6) is -0.404. The molecule has 1 aromatic carbocycles. The minimum Gasteiger partial charge on any atom is -0.395 e. The summed E-state index contributed by atoms with van der Waals surface area (Å²) in [4.78, 5) is 13.6. The lowest BCUT2D eigenvalue weighted by atomic mass is 10.1. The molecular formula is C25H31F3N6O3S. The van der Waals surface area contributed by atoms with E-state index in [1.807, 2.05) is 38.1 Å². The van der Waals surface area contributed by atoms with Gasteiger partial charge in [0.15, 0.2) is 5.79 Å². The average molecular weight is 553 g/mol. The number of para-hydroxylation sites is 1. The number of halogens is 3. The van der Waals surface area contributed by atoms with Crippen molar-refractivity contribution in [2.24, 2.45) is 5.92 Å². The quantitative estimate of drug-likeness (QED) is 0.293. The van der Waals surface area contributed by atoms with E-state index >= 15 is 0 Å². The second-order valence-electron chi connectivity index (χ2n) is 10.1. The SMILES string of the molecule is Cc1nc(NCC(F)(F)F)nc(N[C@@H]2C[C@H](CNCCO)[C@H]3OC(C)(C)O[C@H]32)c1-c1nc2ccccc2s1. The van der Waals surface area contributed by atoms with Gasteiger partial charge in [0.1, 0.15) is 23.5 Å². The van der Waals surface area contributed by atoms with Crippen LogP contribution in [0.2, 0.25) is 0 Å². The van der Waals surface area contributed by atoms with Crippen LogP contribution in [0.4, 0.5) is 24.9 Å². The summed E-state index contributed by atoms with van der Waals surface area (Å²) in [6.45, 7) is 5.35. The number of fused-ring (bicyclic) bond motifs is 2. The van der Waals surface area contributed by atoms with Gasteiger partial charge >= 0.3 is 6.18 Å². The van der Waals surface area contributed by atoms with Gasteiger partial charge in [0.25, 0.3) is 0 Å². The summed E-state index contributed by atoms with van der Waals surface area (Å²) in [6, 6.07) is 7.49. The van der Waals surface area contributed by atoms with E-state index in [4.69, 9.17) is 19.6 Å². The zero-order valence-corrected chi connectivity index (χ0v) is 22.1.